The van der Waals surface area contributed by atoms with Crippen molar-refractivity contribution >= 4 is 41.9 Å². The average molecular weight is 458 g/mol. The van der Waals surface area contributed by atoms with E-state index in [-0.39, 0.29) is 31.8 Å². The number of piperidine rings is 1. The van der Waals surface area contributed by atoms with Gasteiger partial charge in [-0.15, -0.1) is 0 Å². The quantitative estimate of drug-likeness (QED) is 0.700. The third kappa shape index (κ3) is 4.31. The minimum absolute atomic E-state index is 0.0575. The Bertz CT molecular complexity index is 1110. The molecule has 1 amide bonds. The van der Waals surface area contributed by atoms with Crippen molar-refractivity contribution in [2.75, 3.05) is 23.7 Å². The van der Waals surface area contributed by atoms with E-state index in [2.05, 4.69) is 4.98 Å². The van der Waals surface area contributed by atoms with Crippen molar-refractivity contribution in [2.45, 2.75) is 41.0 Å². The average Bonchev–Trinajstić information content (AvgIpc) is 3.15. The number of aryl methyl sites for hydroxylation is 1. The van der Waals surface area contributed by atoms with E-state index < -0.39 is 19.7 Å². The zero-order chi connectivity index (χ0) is 21.4. The molecule has 3 rings (SSSR count). The van der Waals surface area contributed by atoms with Gasteiger partial charge in [-0.25, -0.2) is 21.8 Å². The summed E-state index contributed by atoms with van der Waals surface area (Å²) < 4.78 is 51.1. The van der Waals surface area contributed by atoms with Crippen molar-refractivity contribution in [3.05, 3.63) is 29.8 Å². The predicted molar refractivity (Wildman–Crippen MR) is 111 cm³/mol. The highest BCUT2D eigenvalue weighted by Crippen LogP contribution is 2.39. The smallest absolute Gasteiger partial charge is 0.226 e. The number of sulfone groups is 2. The van der Waals surface area contributed by atoms with Gasteiger partial charge in [-0.2, -0.15) is 0 Å². The monoisotopic (exact) mass is 457 g/mol. The normalized spacial score (nSPS) is 16.1. The number of anilines is 1. The van der Waals surface area contributed by atoms with Crippen molar-refractivity contribution in [1.82, 2.24) is 4.98 Å². The van der Waals surface area contributed by atoms with E-state index in [9.17, 15) is 21.6 Å². The largest absolute Gasteiger partial charge is 0.369 e. The molecule has 158 valence electrons. The molecule has 1 aromatic carbocycles. The standard InChI is InChI=1S/C18H23N3O5S3/c1-3-28(23,24)18-20-16(29(25,26)14-6-4-12(2)5-7-14)17(27-18)21-10-8-13(9-11-21)15(19)22/h4-7,13H,3,8-11H2,1-2H3,(H2,19,22). The maximum atomic E-state index is 13.3. The van der Waals surface area contributed by atoms with Crippen LogP contribution in [0.5, 0.6) is 0 Å². The van der Waals surface area contributed by atoms with Gasteiger partial charge in [-0.05, 0) is 31.9 Å². The Morgan fingerprint density at radius 3 is 2.28 bits per heavy atom. The van der Waals surface area contributed by atoms with Crippen molar-refractivity contribution in [3.8, 4) is 0 Å². The summed E-state index contributed by atoms with van der Waals surface area (Å²) in [6.07, 6.45) is 0.959. The maximum Gasteiger partial charge on any atom is 0.226 e. The molecule has 1 saturated heterocycles. The number of primary amides is 1. The number of nitrogens with zero attached hydrogens (tertiary/aromatic N) is 2. The molecule has 0 atom stereocenters. The highest BCUT2D eigenvalue weighted by Gasteiger charge is 2.34. The van der Waals surface area contributed by atoms with E-state index in [0.717, 1.165) is 16.9 Å². The summed E-state index contributed by atoms with van der Waals surface area (Å²) in [5, 5.41) is 0.0384. The number of hydrogen-bond acceptors (Lipinski definition) is 8. The first kappa shape index (κ1) is 21.7. The molecule has 1 aliphatic heterocycles. The summed E-state index contributed by atoms with van der Waals surface area (Å²) in [6.45, 7) is 4.14. The molecule has 29 heavy (non-hydrogen) atoms. The van der Waals surface area contributed by atoms with Gasteiger partial charge in [0, 0.05) is 19.0 Å². The molecular weight excluding hydrogens is 434 g/mol. The molecule has 1 fully saturated rings. The summed E-state index contributed by atoms with van der Waals surface area (Å²) in [4.78, 5) is 17.3. The molecule has 0 saturated carbocycles. The van der Waals surface area contributed by atoms with Crippen LogP contribution in [0.2, 0.25) is 0 Å². The van der Waals surface area contributed by atoms with Gasteiger partial charge in [0.1, 0.15) is 5.00 Å². The van der Waals surface area contributed by atoms with Crippen LogP contribution in [0.15, 0.2) is 38.5 Å². The second-order valence-electron chi connectivity index (χ2n) is 6.97. The molecule has 1 aliphatic rings. The Morgan fingerprint density at radius 1 is 1.17 bits per heavy atom. The van der Waals surface area contributed by atoms with Crippen LogP contribution in [0, 0.1) is 12.8 Å². The van der Waals surface area contributed by atoms with Gasteiger partial charge in [-0.1, -0.05) is 36.0 Å². The topological polar surface area (TPSA) is 127 Å². The van der Waals surface area contributed by atoms with Crippen LogP contribution < -0.4 is 10.6 Å². The molecule has 0 radical (unpaired) electrons. The lowest BCUT2D eigenvalue weighted by Crippen LogP contribution is -2.38. The first-order valence-corrected chi connectivity index (χ1v) is 13.1. The van der Waals surface area contributed by atoms with Gasteiger partial charge < -0.3 is 10.6 Å². The molecule has 8 nitrogen and oxygen atoms in total. The number of aromatic nitrogens is 1. The minimum atomic E-state index is -4.01. The highest BCUT2D eigenvalue weighted by atomic mass is 32.2. The molecule has 11 heteroatoms. The molecule has 2 heterocycles. The van der Waals surface area contributed by atoms with Crippen molar-refractivity contribution in [1.29, 1.82) is 0 Å². The molecule has 0 bridgehead atoms. The maximum absolute atomic E-state index is 13.3. The van der Waals surface area contributed by atoms with Gasteiger partial charge in [-0.3, -0.25) is 4.79 Å². The Kier molecular flexibility index (Phi) is 6.02. The molecule has 1 aromatic heterocycles. The third-order valence-electron chi connectivity index (χ3n) is 4.98. The number of thiazole rings is 1. The Hall–Kier alpha value is -1.98. The molecule has 2 N–H and O–H groups in total. The lowest BCUT2D eigenvalue weighted by Gasteiger charge is -2.31. The van der Waals surface area contributed by atoms with E-state index in [1.54, 1.807) is 17.0 Å². The summed E-state index contributed by atoms with van der Waals surface area (Å²) in [7, 11) is -7.68. The number of hydrogen-bond donors (Lipinski definition) is 1. The number of carbonyl (C=O) groups is 1. The fourth-order valence-electron chi connectivity index (χ4n) is 3.11. The Morgan fingerprint density at radius 2 is 1.76 bits per heavy atom. The number of benzene rings is 1. The SMILES string of the molecule is CCS(=O)(=O)c1nc(S(=O)(=O)c2ccc(C)cc2)c(N2CCC(C(N)=O)CC2)s1. The van der Waals surface area contributed by atoms with Crippen LogP contribution in [-0.4, -0.2) is 46.6 Å². The van der Waals surface area contributed by atoms with Crippen LogP contribution in [0.4, 0.5) is 5.00 Å². The van der Waals surface area contributed by atoms with Gasteiger partial charge in [0.25, 0.3) is 0 Å². The summed E-state index contributed by atoms with van der Waals surface area (Å²) in [5.74, 6) is -0.820. The van der Waals surface area contributed by atoms with Crippen LogP contribution in [0.25, 0.3) is 0 Å². The van der Waals surface area contributed by atoms with E-state index in [1.807, 2.05) is 6.92 Å². The first-order valence-electron chi connectivity index (χ1n) is 9.16. The van der Waals surface area contributed by atoms with Crippen molar-refractivity contribution < 1.29 is 21.6 Å². The summed E-state index contributed by atoms with van der Waals surface area (Å²) >= 11 is 0.863. The number of rotatable bonds is 6. The van der Waals surface area contributed by atoms with Crippen LogP contribution in [0.3, 0.4) is 0 Å². The third-order valence-corrected chi connectivity index (χ3v) is 10.1. The van der Waals surface area contributed by atoms with Gasteiger partial charge in [0.05, 0.1) is 10.6 Å². The van der Waals surface area contributed by atoms with Crippen molar-refractivity contribution in [3.63, 3.8) is 0 Å². The van der Waals surface area contributed by atoms with E-state index in [4.69, 9.17) is 5.73 Å². The fourth-order valence-corrected chi connectivity index (χ4v) is 7.29. The zero-order valence-corrected chi connectivity index (χ0v) is 18.6. The van der Waals surface area contributed by atoms with E-state index in [1.165, 1.54) is 19.1 Å². The van der Waals surface area contributed by atoms with Crippen molar-refractivity contribution in [2.24, 2.45) is 11.7 Å². The summed E-state index contributed by atoms with van der Waals surface area (Å²) in [6, 6.07) is 6.34. The predicted octanol–water partition coefficient (Wildman–Crippen LogP) is 1.78. The van der Waals surface area contributed by atoms with E-state index >= 15 is 0 Å². The molecule has 2 aromatic rings. The van der Waals surface area contributed by atoms with Crippen LogP contribution in [-0.2, 0) is 24.5 Å². The highest BCUT2D eigenvalue weighted by molar-refractivity contribution is 7.94. The lowest BCUT2D eigenvalue weighted by atomic mass is 9.96. The fraction of sp³-hybridized carbons (Fsp3) is 0.444. The van der Waals surface area contributed by atoms with Crippen LogP contribution >= 0.6 is 11.3 Å². The first-order chi connectivity index (χ1) is 13.6. The van der Waals surface area contributed by atoms with Gasteiger partial charge in [0.15, 0.2) is 5.03 Å². The number of carbonyl (C=O) groups excluding carboxylic acids is 1. The Balaban J connectivity index is 2.08. The number of amides is 1. The summed E-state index contributed by atoms with van der Waals surface area (Å²) in [5.41, 5.74) is 6.28. The minimum Gasteiger partial charge on any atom is -0.369 e. The second kappa shape index (κ2) is 8.04. The number of nitrogens with two attached hydrogens (primary N) is 1. The van der Waals surface area contributed by atoms with Crippen LogP contribution in [0.1, 0.15) is 25.3 Å². The van der Waals surface area contributed by atoms with Gasteiger partial charge in [0.2, 0.25) is 29.9 Å². The molecule has 0 unspecified atom stereocenters. The zero-order valence-electron chi connectivity index (χ0n) is 16.2. The van der Waals surface area contributed by atoms with Gasteiger partial charge >= 0.3 is 0 Å². The second-order valence-corrected chi connectivity index (χ2v) is 12.3. The lowest BCUT2D eigenvalue weighted by molar-refractivity contribution is -0.122. The van der Waals surface area contributed by atoms with E-state index in [0.29, 0.717) is 30.9 Å². The molecule has 0 spiro atoms. The molecule has 0 aliphatic carbocycles. The Labute approximate surface area is 174 Å². The molecular formula is C18H23N3O5S3.